The lowest BCUT2D eigenvalue weighted by Crippen LogP contribution is -2.34. The Kier molecular flexibility index (Phi) is 4.13. The van der Waals surface area contributed by atoms with Crippen LogP contribution in [-0.2, 0) is 11.2 Å². The molecule has 1 N–H and O–H groups in total. The van der Waals surface area contributed by atoms with Crippen molar-refractivity contribution < 1.29 is 18.7 Å². The molecule has 2 aromatic carbocycles. The maximum Gasteiger partial charge on any atom is 0.265 e. The quantitative estimate of drug-likeness (QED) is 0.694. The van der Waals surface area contributed by atoms with Gasteiger partial charge in [0, 0.05) is 28.6 Å². The van der Waals surface area contributed by atoms with Crippen LogP contribution in [0.3, 0.4) is 0 Å². The lowest BCUT2D eigenvalue weighted by atomic mass is 9.95. The summed E-state index contributed by atoms with van der Waals surface area (Å²) in [5, 5.41) is 12.8. The summed E-state index contributed by atoms with van der Waals surface area (Å²) in [6.45, 7) is 5.66. The highest BCUT2D eigenvalue weighted by Crippen LogP contribution is 2.37. The second kappa shape index (κ2) is 6.73. The van der Waals surface area contributed by atoms with Gasteiger partial charge < -0.3 is 19.2 Å². The lowest BCUT2D eigenvalue weighted by molar-refractivity contribution is -0.122. The molecule has 3 aromatic rings. The van der Waals surface area contributed by atoms with Crippen LogP contribution in [0.5, 0.6) is 11.5 Å². The number of anilines is 1. The van der Waals surface area contributed by atoms with Gasteiger partial charge in [-0.3, -0.25) is 4.79 Å². The third-order valence-corrected chi connectivity index (χ3v) is 5.52. The SMILES string of the molecule is COc1ccc2oc(C3=NN=C(C)Cc4cc5c(cc43)OC(C)C(=O)N5)c(C)c2c1. The fraction of sp³-hybridized carbons (Fsp3) is 0.261. The van der Waals surface area contributed by atoms with Crippen molar-refractivity contribution in [3.8, 4) is 11.5 Å². The molecular weight excluding hydrogens is 382 g/mol. The van der Waals surface area contributed by atoms with Crippen LogP contribution in [0.1, 0.15) is 36.3 Å². The van der Waals surface area contributed by atoms with Gasteiger partial charge >= 0.3 is 0 Å². The van der Waals surface area contributed by atoms with Crippen molar-refractivity contribution in [3.05, 3.63) is 52.8 Å². The normalized spacial score (nSPS) is 17.9. The van der Waals surface area contributed by atoms with Gasteiger partial charge in [-0.1, -0.05) is 0 Å². The van der Waals surface area contributed by atoms with Crippen LogP contribution in [0, 0.1) is 6.92 Å². The average Bonchev–Trinajstić information content (AvgIpc) is 2.96. The van der Waals surface area contributed by atoms with Crippen molar-refractivity contribution in [2.45, 2.75) is 33.3 Å². The largest absolute Gasteiger partial charge is 0.497 e. The van der Waals surface area contributed by atoms with Crippen LogP contribution in [0.2, 0.25) is 0 Å². The van der Waals surface area contributed by atoms with E-state index in [1.165, 1.54) is 0 Å². The van der Waals surface area contributed by atoms with Crippen molar-refractivity contribution >= 4 is 34.0 Å². The number of carbonyl (C=O) groups is 1. The summed E-state index contributed by atoms with van der Waals surface area (Å²) in [4.78, 5) is 12.0. The maximum absolute atomic E-state index is 12.0. The van der Waals surface area contributed by atoms with Crippen LogP contribution in [0.4, 0.5) is 5.69 Å². The number of rotatable bonds is 2. The number of carbonyl (C=O) groups excluding carboxylic acids is 1. The first kappa shape index (κ1) is 18.4. The molecule has 152 valence electrons. The molecule has 1 atom stereocenters. The van der Waals surface area contributed by atoms with Crippen molar-refractivity contribution in [1.29, 1.82) is 0 Å². The number of benzene rings is 2. The van der Waals surface area contributed by atoms with E-state index in [9.17, 15) is 4.79 Å². The third-order valence-electron chi connectivity index (χ3n) is 5.52. The molecule has 1 aromatic heterocycles. The first-order chi connectivity index (χ1) is 14.4. The number of nitrogens with zero attached hydrogens (tertiary/aromatic N) is 2. The van der Waals surface area contributed by atoms with Crippen molar-refractivity contribution in [3.63, 3.8) is 0 Å². The number of ether oxygens (including phenoxy) is 2. The van der Waals surface area contributed by atoms with Gasteiger partial charge in [-0.15, -0.1) is 5.10 Å². The fourth-order valence-electron chi connectivity index (χ4n) is 3.89. The van der Waals surface area contributed by atoms with Gasteiger partial charge in [0.15, 0.2) is 11.9 Å². The number of methoxy groups -OCH3 is 1. The number of furan rings is 1. The van der Waals surface area contributed by atoms with Gasteiger partial charge in [-0.05, 0) is 56.7 Å². The number of nitrogens with one attached hydrogen (secondary N) is 1. The van der Waals surface area contributed by atoms with E-state index in [0.717, 1.165) is 39.1 Å². The molecule has 0 bridgehead atoms. The summed E-state index contributed by atoms with van der Waals surface area (Å²) in [6, 6.07) is 9.58. The summed E-state index contributed by atoms with van der Waals surface area (Å²) in [7, 11) is 1.64. The van der Waals surface area contributed by atoms with E-state index in [0.29, 0.717) is 29.3 Å². The topological polar surface area (TPSA) is 85.4 Å². The van der Waals surface area contributed by atoms with E-state index >= 15 is 0 Å². The predicted octanol–water partition coefficient (Wildman–Crippen LogP) is 4.24. The third kappa shape index (κ3) is 2.85. The van der Waals surface area contributed by atoms with Gasteiger partial charge in [-0.25, -0.2) is 0 Å². The fourth-order valence-corrected chi connectivity index (χ4v) is 3.89. The second-order valence-electron chi connectivity index (χ2n) is 7.63. The number of amides is 1. The first-order valence-corrected chi connectivity index (χ1v) is 9.78. The lowest BCUT2D eigenvalue weighted by Gasteiger charge is -2.25. The Bertz CT molecular complexity index is 1270. The molecule has 2 aliphatic rings. The molecule has 0 spiro atoms. The Hall–Kier alpha value is -3.61. The zero-order valence-electron chi connectivity index (χ0n) is 17.2. The van der Waals surface area contributed by atoms with Crippen molar-refractivity contribution in [2.24, 2.45) is 10.2 Å². The Labute approximate surface area is 173 Å². The monoisotopic (exact) mass is 403 g/mol. The second-order valence-corrected chi connectivity index (χ2v) is 7.63. The maximum atomic E-state index is 12.0. The smallest absolute Gasteiger partial charge is 0.265 e. The summed E-state index contributed by atoms with van der Waals surface area (Å²) in [5.41, 5.74) is 5.78. The van der Waals surface area contributed by atoms with E-state index in [2.05, 4.69) is 15.5 Å². The minimum Gasteiger partial charge on any atom is -0.497 e. The zero-order chi connectivity index (χ0) is 21.0. The molecule has 3 heterocycles. The summed E-state index contributed by atoms with van der Waals surface area (Å²) in [6.07, 6.45) is 0.0637. The molecule has 0 saturated carbocycles. The Balaban J connectivity index is 1.70. The summed E-state index contributed by atoms with van der Waals surface area (Å²) < 4.78 is 17.4. The van der Waals surface area contributed by atoms with Gasteiger partial charge in [-0.2, -0.15) is 5.10 Å². The highest BCUT2D eigenvalue weighted by molar-refractivity contribution is 6.16. The highest BCUT2D eigenvalue weighted by Gasteiger charge is 2.28. The molecule has 5 rings (SSSR count). The molecule has 7 heteroatoms. The number of aryl methyl sites for hydroxylation is 1. The number of fused-ring (bicyclic) bond motifs is 3. The molecule has 2 aliphatic heterocycles. The molecule has 30 heavy (non-hydrogen) atoms. The summed E-state index contributed by atoms with van der Waals surface area (Å²) >= 11 is 0. The minimum atomic E-state index is -0.555. The minimum absolute atomic E-state index is 0.155. The molecular formula is C23H21N3O4. The van der Waals surface area contributed by atoms with E-state index in [1.807, 2.05) is 44.2 Å². The van der Waals surface area contributed by atoms with Gasteiger partial charge in [0.1, 0.15) is 22.8 Å². The number of hydrogen-bond acceptors (Lipinski definition) is 6. The molecule has 0 saturated heterocycles. The predicted molar refractivity (Wildman–Crippen MR) is 115 cm³/mol. The molecule has 0 fully saturated rings. The standard InChI is InChI=1S/C23H21N3O4/c1-11-7-14-8-18-20(29-13(3)23(27)24-18)10-17(14)21(26-25-11)22-12(2)16-9-15(28-4)5-6-19(16)30-22/h5-6,8-10,13H,7H2,1-4H3,(H,24,27). The molecule has 1 amide bonds. The van der Waals surface area contributed by atoms with Crippen molar-refractivity contribution in [2.75, 3.05) is 12.4 Å². The molecule has 1 unspecified atom stereocenters. The Morgan fingerprint density at radius 3 is 2.80 bits per heavy atom. The summed E-state index contributed by atoms with van der Waals surface area (Å²) in [5.74, 6) is 1.88. The van der Waals surface area contributed by atoms with E-state index in [-0.39, 0.29) is 5.91 Å². The Morgan fingerprint density at radius 1 is 1.17 bits per heavy atom. The highest BCUT2D eigenvalue weighted by atomic mass is 16.5. The van der Waals surface area contributed by atoms with Crippen LogP contribution < -0.4 is 14.8 Å². The zero-order valence-corrected chi connectivity index (χ0v) is 17.2. The van der Waals surface area contributed by atoms with Crippen LogP contribution in [-0.4, -0.2) is 30.5 Å². The van der Waals surface area contributed by atoms with E-state index in [1.54, 1.807) is 14.0 Å². The van der Waals surface area contributed by atoms with E-state index < -0.39 is 6.10 Å². The van der Waals surface area contributed by atoms with Gasteiger partial charge in [0.05, 0.1) is 12.8 Å². The molecule has 0 radical (unpaired) electrons. The van der Waals surface area contributed by atoms with Crippen LogP contribution in [0.25, 0.3) is 11.0 Å². The average molecular weight is 403 g/mol. The van der Waals surface area contributed by atoms with Crippen LogP contribution in [0.15, 0.2) is 45.0 Å². The molecule has 0 aliphatic carbocycles. The van der Waals surface area contributed by atoms with E-state index in [4.69, 9.17) is 13.9 Å². The van der Waals surface area contributed by atoms with Crippen molar-refractivity contribution in [1.82, 2.24) is 0 Å². The van der Waals surface area contributed by atoms with Gasteiger partial charge in [0.25, 0.3) is 5.91 Å². The number of hydrogen-bond donors (Lipinski definition) is 1. The van der Waals surface area contributed by atoms with Gasteiger partial charge in [0.2, 0.25) is 0 Å². The van der Waals surface area contributed by atoms with Crippen LogP contribution >= 0.6 is 0 Å². The Morgan fingerprint density at radius 2 is 2.00 bits per heavy atom. The molecule has 7 nitrogen and oxygen atoms in total. The first-order valence-electron chi connectivity index (χ1n) is 9.78.